The van der Waals surface area contributed by atoms with Gasteiger partial charge >= 0.3 is 5.97 Å². The first-order valence-electron chi connectivity index (χ1n) is 3.92. The zero-order valence-corrected chi connectivity index (χ0v) is 7.87. The van der Waals surface area contributed by atoms with E-state index in [1.165, 1.54) is 19.2 Å². The van der Waals surface area contributed by atoms with Crippen LogP contribution in [0.5, 0.6) is 5.75 Å². The van der Waals surface area contributed by atoms with Crippen LogP contribution < -0.4 is 0 Å². The van der Waals surface area contributed by atoms with Gasteiger partial charge in [0.15, 0.2) is 0 Å². The minimum Gasteiger partial charge on any atom is -0.508 e. The first-order valence-corrected chi connectivity index (χ1v) is 3.92. The van der Waals surface area contributed by atoms with Crippen LogP contribution in [-0.4, -0.2) is 18.2 Å². The predicted molar refractivity (Wildman–Crippen MR) is 48.9 cm³/mol. The molecule has 4 nitrogen and oxygen atoms in total. The van der Waals surface area contributed by atoms with E-state index in [2.05, 4.69) is 4.74 Å². The number of phenolic OH excluding ortho intramolecular Hbond substituents is 1. The highest BCUT2D eigenvalue weighted by molar-refractivity contribution is 5.94. The summed E-state index contributed by atoms with van der Waals surface area (Å²) < 4.78 is 4.51. The maximum Gasteiger partial charge on any atom is 0.339 e. The van der Waals surface area contributed by atoms with E-state index >= 15 is 0 Å². The van der Waals surface area contributed by atoms with Gasteiger partial charge in [-0.3, -0.25) is 0 Å². The van der Waals surface area contributed by atoms with Gasteiger partial charge in [0.2, 0.25) is 0 Å². The molecule has 0 amide bonds. The van der Waals surface area contributed by atoms with Crippen LogP contribution in [0.4, 0.5) is 0 Å². The topological polar surface area (TPSA) is 70.3 Å². The first kappa shape index (κ1) is 10.1. The van der Waals surface area contributed by atoms with Gasteiger partial charge in [-0.25, -0.2) is 4.79 Å². The Balaban J connectivity index is 3.45. The highest BCUT2D eigenvalue weighted by Gasteiger charge is 2.17. The second-order valence-electron chi connectivity index (χ2n) is 2.74. The highest BCUT2D eigenvalue weighted by atomic mass is 16.5. The van der Waals surface area contributed by atoms with E-state index in [-0.39, 0.29) is 16.9 Å². The summed E-state index contributed by atoms with van der Waals surface area (Å²) in [5.74, 6) is -0.639. The number of carbonyl (C=O) groups is 1. The van der Waals surface area contributed by atoms with Crippen molar-refractivity contribution >= 4 is 5.97 Å². The molecular formula is C10H9NO3. The van der Waals surface area contributed by atoms with Gasteiger partial charge in [-0.1, -0.05) is 0 Å². The van der Waals surface area contributed by atoms with Gasteiger partial charge in [0.25, 0.3) is 0 Å². The molecule has 1 aromatic rings. The van der Waals surface area contributed by atoms with E-state index < -0.39 is 5.97 Å². The van der Waals surface area contributed by atoms with E-state index in [0.29, 0.717) is 5.56 Å². The summed E-state index contributed by atoms with van der Waals surface area (Å²) in [4.78, 5) is 11.3. The zero-order valence-electron chi connectivity index (χ0n) is 7.87. The summed E-state index contributed by atoms with van der Waals surface area (Å²) in [6, 6.07) is 4.63. The molecule has 0 saturated carbocycles. The summed E-state index contributed by atoms with van der Waals surface area (Å²) in [6.07, 6.45) is 0. The average molecular weight is 191 g/mol. The molecule has 0 radical (unpaired) electrons. The third kappa shape index (κ3) is 1.52. The van der Waals surface area contributed by atoms with Crippen molar-refractivity contribution in [2.24, 2.45) is 0 Å². The van der Waals surface area contributed by atoms with Crippen molar-refractivity contribution in [3.05, 3.63) is 28.8 Å². The summed E-state index contributed by atoms with van der Waals surface area (Å²) in [5, 5.41) is 18.1. The smallest absolute Gasteiger partial charge is 0.339 e. The minimum absolute atomic E-state index is 0.0237. The van der Waals surface area contributed by atoms with E-state index in [4.69, 9.17) is 5.26 Å². The van der Waals surface area contributed by atoms with Gasteiger partial charge in [0, 0.05) is 5.56 Å². The number of hydrogen-bond acceptors (Lipinski definition) is 4. The Bertz CT molecular complexity index is 418. The number of methoxy groups -OCH3 is 1. The molecule has 14 heavy (non-hydrogen) atoms. The van der Waals surface area contributed by atoms with Crippen LogP contribution in [0.25, 0.3) is 0 Å². The number of esters is 1. The maximum absolute atomic E-state index is 11.3. The fourth-order valence-corrected chi connectivity index (χ4v) is 1.16. The van der Waals surface area contributed by atoms with E-state index in [1.54, 1.807) is 6.92 Å². The van der Waals surface area contributed by atoms with Gasteiger partial charge < -0.3 is 9.84 Å². The third-order valence-corrected chi connectivity index (χ3v) is 1.95. The molecule has 0 saturated heterocycles. The average Bonchev–Trinajstić information content (AvgIpc) is 2.20. The van der Waals surface area contributed by atoms with Crippen molar-refractivity contribution in [1.82, 2.24) is 0 Å². The van der Waals surface area contributed by atoms with Gasteiger partial charge in [-0.05, 0) is 19.1 Å². The van der Waals surface area contributed by atoms with Crippen molar-refractivity contribution in [1.29, 1.82) is 5.26 Å². The first-order chi connectivity index (χ1) is 6.61. The molecule has 72 valence electrons. The zero-order chi connectivity index (χ0) is 10.7. The number of phenols is 1. The Labute approximate surface area is 81.4 Å². The molecule has 0 aliphatic carbocycles. The molecule has 0 spiro atoms. The Morgan fingerprint density at radius 3 is 2.71 bits per heavy atom. The maximum atomic E-state index is 11.3. The lowest BCUT2D eigenvalue weighted by molar-refractivity contribution is 0.0599. The monoisotopic (exact) mass is 191 g/mol. The van der Waals surface area contributed by atoms with Crippen LogP contribution in [-0.2, 0) is 4.74 Å². The number of ether oxygens (including phenoxy) is 1. The van der Waals surface area contributed by atoms with Crippen LogP contribution >= 0.6 is 0 Å². The fourth-order valence-electron chi connectivity index (χ4n) is 1.16. The molecule has 0 bridgehead atoms. The van der Waals surface area contributed by atoms with Crippen LogP contribution in [0.2, 0.25) is 0 Å². The van der Waals surface area contributed by atoms with Gasteiger partial charge in [-0.15, -0.1) is 0 Å². The summed E-state index contributed by atoms with van der Waals surface area (Å²) in [6.45, 7) is 1.56. The molecule has 1 rings (SSSR count). The lowest BCUT2D eigenvalue weighted by Gasteiger charge is -2.06. The van der Waals surface area contributed by atoms with Crippen molar-refractivity contribution < 1.29 is 14.6 Å². The van der Waals surface area contributed by atoms with Crippen LogP contribution in [0.3, 0.4) is 0 Å². The standard InChI is InChI=1S/C10H9NO3/c1-6-8(12)4-3-7(5-11)9(6)10(13)14-2/h3-4,12H,1-2H3. The summed E-state index contributed by atoms with van der Waals surface area (Å²) >= 11 is 0. The fraction of sp³-hybridized carbons (Fsp3) is 0.200. The minimum atomic E-state index is -0.616. The Morgan fingerprint density at radius 1 is 1.57 bits per heavy atom. The quantitative estimate of drug-likeness (QED) is 0.680. The largest absolute Gasteiger partial charge is 0.508 e. The highest BCUT2D eigenvalue weighted by Crippen LogP contribution is 2.23. The number of nitrogens with zero attached hydrogens (tertiary/aromatic N) is 1. The molecule has 0 unspecified atom stereocenters. The van der Waals surface area contributed by atoms with E-state index in [9.17, 15) is 9.90 Å². The van der Waals surface area contributed by atoms with Crippen LogP contribution in [0.15, 0.2) is 12.1 Å². The lowest BCUT2D eigenvalue weighted by atomic mass is 10.0. The molecular weight excluding hydrogens is 182 g/mol. The van der Waals surface area contributed by atoms with Crippen LogP contribution in [0, 0.1) is 18.3 Å². The number of nitriles is 1. The summed E-state index contributed by atoms with van der Waals surface area (Å²) in [7, 11) is 1.23. The second kappa shape index (κ2) is 3.79. The van der Waals surface area contributed by atoms with Gasteiger partial charge in [0.1, 0.15) is 11.8 Å². The van der Waals surface area contributed by atoms with Crippen molar-refractivity contribution in [3.63, 3.8) is 0 Å². The molecule has 1 N–H and O–H groups in total. The van der Waals surface area contributed by atoms with Gasteiger partial charge in [0.05, 0.1) is 18.2 Å². The number of hydrogen-bond donors (Lipinski definition) is 1. The lowest BCUT2D eigenvalue weighted by Crippen LogP contribution is -2.06. The number of rotatable bonds is 1. The molecule has 0 aliphatic heterocycles. The Kier molecular flexibility index (Phi) is 2.73. The van der Waals surface area contributed by atoms with Crippen molar-refractivity contribution in [2.75, 3.05) is 7.11 Å². The van der Waals surface area contributed by atoms with Crippen molar-refractivity contribution in [3.8, 4) is 11.8 Å². The number of carbonyl (C=O) groups excluding carboxylic acids is 1. The SMILES string of the molecule is COC(=O)c1c(C#N)ccc(O)c1C. The molecule has 4 heteroatoms. The third-order valence-electron chi connectivity index (χ3n) is 1.95. The van der Waals surface area contributed by atoms with Crippen molar-refractivity contribution in [2.45, 2.75) is 6.92 Å². The van der Waals surface area contributed by atoms with Gasteiger partial charge in [-0.2, -0.15) is 5.26 Å². The van der Waals surface area contributed by atoms with E-state index in [0.717, 1.165) is 0 Å². The normalized spacial score (nSPS) is 9.21. The molecule has 0 fully saturated rings. The molecule has 0 heterocycles. The number of aromatic hydroxyl groups is 1. The molecule has 1 aromatic carbocycles. The van der Waals surface area contributed by atoms with E-state index in [1.807, 2.05) is 6.07 Å². The number of benzene rings is 1. The Morgan fingerprint density at radius 2 is 2.21 bits per heavy atom. The Hall–Kier alpha value is -2.02. The molecule has 0 atom stereocenters. The van der Waals surface area contributed by atoms with Crippen LogP contribution in [0.1, 0.15) is 21.5 Å². The second-order valence-corrected chi connectivity index (χ2v) is 2.74. The summed E-state index contributed by atoms with van der Waals surface area (Å²) in [5.41, 5.74) is 0.679. The molecule has 0 aliphatic rings. The predicted octanol–water partition coefficient (Wildman–Crippen LogP) is 1.36. The molecule has 0 aromatic heterocycles.